The van der Waals surface area contributed by atoms with Gasteiger partial charge in [-0.15, -0.1) is 5.10 Å². The maximum Gasteiger partial charge on any atom is 0.244 e. The monoisotopic (exact) mass is 306 g/mol. The maximum atomic E-state index is 6.10. The zero-order chi connectivity index (χ0) is 15.1. The molecule has 0 radical (unpaired) electrons. The highest BCUT2D eigenvalue weighted by molar-refractivity contribution is 6.33. The Kier molecular flexibility index (Phi) is 5.71. The van der Waals surface area contributed by atoms with Gasteiger partial charge in [0.1, 0.15) is 0 Å². The Hall–Kier alpha value is -1.92. The number of anilines is 3. The minimum atomic E-state index is 0.505. The first-order valence-electron chi connectivity index (χ1n) is 6.75. The molecule has 0 aliphatic rings. The highest BCUT2D eigenvalue weighted by Crippen LogP contribution is 2.23. The Morgan fingerprint density at radius 2 is 2.05 bits per heavy atom. The number of para-hydroxylation sites is 1. The molecule has 0 aliphatic heterocycles. The van der Waals surface area contributed by atoms with Crippen molar-refractivity contribution in [1.82, 2.24) is 20.1 Å². The fourth-order valence-electron chi connectivity index (χ4n) is 1.73. The molecule has 112 valence electrons. The predicted octanol–water partition coefficient (Wildman–Crippen LogP) is 2.63. The van der Waals surface area contributed by atoms with Gasteiger partial charge in [-0.1, -0.05) is 23.7 Å². The number of nitrogens with one attached hydrogen (secondary N) is 2. The van der Waals surface area contributed by atoms with Crippen LogP contribution in [0.1, 0.15) is 6.42 Å². The van der Waals surface area contributed by atoms with Crippen molar-refractivity contribution >= 4 is 29.1 Å². The summed E-state index contributed by atoms with van der Waals surface area (Å²) < 4.78 is 0. The van der Waals surface area contributed by atoms with Gasteiger partial charge in [-0.05, 0) is 39.2 Å². The molecule has 0 bridgehead atoms. The van der Waals surface area contributed by atoms with Crippen molar-refractivity contribution < 1.29 is 0 Å². The maximum absolute atomic E-state index is 6.10. The Labute approximate surface area is 129 Å². The fourth-order valence-corrected chi connectivity index (χ4v) is 1.92. The van der Waals surface area contributed by atoms with Crippen molar-refractivity contribution in [2.45, 2.75) is 6.42 Å². The van der Waals surface area contributed by atoms with Gasteiger partial charge in [-0.2, -0.15) is 10.1 Å². The summed E-state index contributed by atoms with van der Waals surface area (Å²) in [6.45, 7) is 1.81. The van der Waals surface area contributed by atoms with Gasteiger partial charge in [-0.25, -0.2) is 0 Å². The number of nitrogens with zero attached hydrogens (tertiary/aromatic N) is 4. The lowest BCUT2D eigenvalue weighted by Crippen LogP contribution is -2.17. The van der Waals surface area contributed by atoms with E-state index in [0.717, 1.165) is 25.2 Å². The molecule has 1 aromatic heterocycles. The van der Waals surface area contributed by atoms with Crippen LogP contribution in [0.2, 0.25) is 5.02 Å². The Bertz CT molecular complexity index is 575. The summed E-state index contributed by atoms with van der Waals surface area (Å²) in [7, 11) is 4.10. The average Bonchev–Trinajstić information content (AvgIpc) is 2.46. The first-order valence-corrected chi connectivity index (χ1v) is 7.13. The molecule has 6 nitrogen and oxygen atoms in total. The lowest BCUT2D eigenvalue weighted by atomic mass is 10.3. The summed E-state index contributed by atoms with van der Waals surface area (Å²) in [4.78, 5) is 6.49. The van der Waals surface area contributed by atoms with E-state index in [-0.39, 0.29) is 0 Å². The molecule has 2 N–H and O–H groups in total. The second-order valence-corrected chi connectivity index (χ2v) is 5.26. The standard InChI is InChI=1S/C14H19ClN6/c1-21(2)9-5-8-16-14-19-13(10-17-20-14)18-12-7-4-3-6-11(12)15/h3-4,6-7,10H,5,8-9H2,1-2H3,(H2,16,18,19,20). The lowest BCUT2D eigenvalue weighted by molar-refractivity contribution is 0.405. The summed E-state index contributed by atoms with van der Waals surface area (Å²) >= 11 is 6.10. The van der Waals surface area contributed by atoms with Crippen LogP contribution in [0.4, 0.5) is 17.5 Å². The van der Waals surface area contributed by atoms with Gasteiger partial charge in [0, 0.05) is 6.54 Å². The van der Waals surface area contributed by atoms with Gasteiger partial charge in [0.15, 0.2) is 5.82 Å². The normalized spacial score (nSPS) is 10.7. The molecule has 7 heteroatoms. The third-order valence-electron chi connectivity index (χ3n) is 2.76. The van der Waals surface area contributed by atoms with E-state index in [0.29, 0.717) is 16.8 Å². The van der Waals surface area contributed by atoms with E-state index in [4.69, 9.17) is 11.6 Å². The molecular weight excluding hydrogens is 288 g/mol. The average molecular weight is 307 g/mol. The zero-order valence-corrected chi connectivity index (χ0v) is 12.9. The van der Waals surface area contributed by atoms with E-state index in [2.05, 4.69) is 30.7 Å². The number of halogens is 1. The fraction of sp³-hybridized carbons (Fsp3) is 0.357. The minimum absolute atomic E-state index is 0.505. The van der Waals surface area contributed by atoms with Gasteiger partial charge in [0.05, 0.1) is 16.9 Å². The zero-order valence-electron chi connectivity index (χ0n) is 12.2. The minimum Gasteiger partial charge on any atom is -0.353 e. The molecule has 0 fully saturated rings. The molecule has 0 unspecified atom stereocenters. The SMILES string of the molecule is CN(C)CCCNc1nncc(Nc2ccccc2Cl)n1. The molecular formula is C14H19ClN6. The number of hydrogen-bond donors (Lipinski definition) is 2. The smallest absolute Gasteiger partial charge is 0.244 e. The van der Waals surface area contributed by atoms with Crippen LogP contribution >= 0.6 is 11.6 Å². The Balaban J connectivity index is 1.93. The van der Waals surface area contributed by atoms with Gasteiger partial charge < -0.3 is 15.5 Å². The van der Waals surface area contributed by atoms with Gasteiger partial charge in [0.25, 0.3) is 0 Å². The summed E-state index contributed by atoms with van der Waals surface area (Å²) in [6, 6.07) is 7.49. The van der Waals surface area contributed by atoms with E-state index < -0.39 is 0 Å². The van der Waals surface area contributed by atoms with E-state index in [1.807, 2.05) is 38.4 Å². The summed E-state index contributed by atoms with van der Waals surface area (Å²) in [6.07, 6.45) is 2.58. The summed E-state index contributed by atoms with van der Waals surface area (Å²) in [5, 5.41) is 14.8. The van der Waals surface area contributed by atoms with Crippen LogP contribution in [0.15, 0.2) is 30.5 Å². The number of aromatic nitrogens is 3. The van der Waals surface area contributed by atoms with E-state index in [1.54, 1.807) is 6.20 Å². The van der Waals surface area contributed by atoms with Crippen molar-refractivity contribution in [3.05, 3.63) is 35.5 Å². The largest absolute Gasteiger partial charge is 0.353 e. The van der Waals surface area contributed by atoms with Crippen molar-refractivity contribution in [3.63, 3.8) is 0 Å². The molecule has 2 rings (SSSR count). The van der Waals surface area contributed by atoms with E-state index in [9.17, 15) is 0 Å². The van der Waals surface area contributed by atoms with Crippen molar-refractivity contribution in [3.8, 4) is 0 Å². The topological polar surface area (TPSA) is 66.0 Å². The van der Waals surface area contributed by atoms with Gasteiger partial charge >= 0.3 is 0 Å². The molecule has 0 spiro atoms. The molecule has 0 saturated heterocycles. The van der Waals surface area contributed by atoms with Crippen LogP contribution in [-0.2, 0) is 0 Å². The number of rotatable bonds is 7. The van der Waals surface area contributed by atoms with Crippen LogP contribution in [0, 0.1) is 0 Å². The van der Waals surface area contributed by atoms with Gasteiger partial charge in [-0.3, -0.25) is 0 Å². The molecule has 0 atom stereocenters. The van der Waals surface area contributed by atoms with Crippen molar-refractivity contribution in [1.29, 1.82) is 0 Å². The molecule has 2 aromatic rings. The summed E-state index contributed by atoms with van der Waals surface area (Å²) in [5.41, 5.74) is 0.790. The number of benzene rings is 1. The Morgan fingerprint density at radius 1 is 1.24 bits per heavy atom. The predicted molar refractivity (Wildman–Crippen MR) is 86.2 cm³/mol. The van der Waals surface area contributed by atoms with E-state index >= 15 is 0 Å². The van der Waals surface area contributed by atoms with Crippen LogP contribution in [0.25, 0.3) is 0 Å². The molecule has 0 amide bonds. The van der Waals surface area contributed by atoms with Crippen LogP contribution in [0.5, 0.6) is 0 Å². The highest BCUT2D eigenvalue weighted by atomic mass is 35.5. The Morgan fingerprint density at radius 3 is 2.81 bits per heavy atom. The third kappa shape index (κ3) is 5.17. The summed E-state index contributed by atoms with van der Waals surface area (Å²) in [5.74, 6) is 1.11. The molecule has 1 heterocycles. The quantitative estimate of drug-likeness (QED) is 0.767. The molecule has 0 saturated carbocycles. The third-order valence-corrected chi connectivity index (χ3v) is 3.09. The van der Waals surface area contributed by atoms with Crippen LogP contribution < -0.4 is 10.6 Å². The molecule has 21 heavy (non-hydrogen) atoms. The van der Waals surface area contributed by atoms with E-state index in [1.165, 1.54) is 0 Å². The first kappa shape index (κ1) is 15.5. The first-order chi connectivity index (χ1) is 10.1. The number of hydrogen-bond acceptors (Lipinski definition) is 6. The second-order valence-electron chi connectivity index (χ2n) is 4.85. The molecule has 1 aromatic carbocycles. The van der Waals surface area contributed by atoms with Crippen LogP contribution in [0.3, 0.4) is 0 Å². The molecule has 0 aliphatic carbocycles. The second kappa shape index (κ2) is 7.75. The van der Waals surface area contributed by atoms with Gasteiger partial charge in [0.2, 0.25) is 5.95 Å². The van der Waals surface area contributed by atoms with Crippen LogP contribution in [-0.4, -0.2) is 47.3 Å². The highest BCUT2D eigenvalue weighted by Gasteiger charge is 2.03. The lowest BCUT2D eigenvalue weighted by Gasteiger charge is -2.10. The van der Waals surface area contributed by atoms with Crippen molar-refractivity contribution in [2.24, 2.45) is 0 Å². The van der Waals surface area contributed by atoms with Crippen molar-refractivity contribution in [2.75, 3.05) is 37.8 Å².